The number of ether oxygens (including phenoxy) is 1. The van der Waals surface area contributed by atoms with Crippen molar-refractivity contribution < 1.29 is 19.4 Å². The van der Waals surface area contributed by atoms with Gasteiger partial charge in [-0.05, 0) is 58.7 Å². The van der Waals surface area contributed by atoms with Crippen LogP contribution in [0.5, 0.6) is 5.75 Å². The summed E-state index contributed by atoms with van der Waals surface area (Å²) in [5, 5.41) is 22.2. The first-order valence-electron chi connectivity index (χ1n) is 14.7. The largest absolute Gasteiger partial charge is 0.507 e. The van der Waals surface area contributed by atoms with E-state index in [0.717, 1.165) is 31.6 Å². The Morgan fingerprint density at radius 2 is 1.71 bits per heavy atom. The van der Waals surface area contributed by atoms with Gasteiger partial charge in [0.05, 0.1) is 17.3 Å². The normalized spacial score (nSPS) is 21.0. The number of hydrogen-bond acceptors (Lipinski definition) is 9. The van der Waals surface area contributed by atoms with Crippen molar-refractivity contribution >= 4 is 23.5 Å². The van der Waals surface area contributed by atoms with Crippen LogP contribution in [-0.2, 0) is 9.53 Å². The molecule has 11 nitrogen and oxygen atoms in total. The van der Waals surface area contributed by atoms with Gasteiger partial charge in [0, 0.05) is 70.5 Å². The maximum absolute atomic E-state index is 13.4. The molecule has 3 aliphatic heterocycles. The summed E-state index contributed by atoms with van der Waals surface area (Å²) >= 11 is 0. The molecule has 1 aromatic carbocycles. The summed E-state index contributed by atoms with van der Waals surface area (Å²) in [4.78, 5) is 34.3. The number of carbonyl (C=O) groups excluding carboxylic acids is 2. The van der Waals surface area contributed by atoms with E-state index in [1.807, 2.05) is 50.9 Å². The Morgan fingerprint density at radius 3 is 2.34 bits per heavy atom. The summed E-state index contributed by atoms with van der Waals surface area (Å²) in [5.74, 6) is 1.09. The van der Waals surface area contributed by atoms with Crippen molar-refractivity contribution in [3.63, 3.8) is 0 Å². The molecule has 3 fully saturated rings. The van der Waals surface area contributed by atoms with Crippen LogP contribution in [0, 0.1) is 5.92 Å². The van der Waals surface area contributed by atoms with Crippen LogP contribution in [0.15, 0.2) is 30.3 Å². The first-order chi connectivity index (χ1) is 19.5. The molecule has 0 unspecified atom stereocenters. The van der Waals surface area contributed by atoms with Crippen molar-refractivity contribution in [1.29, 1.82) is 0 Å². The molecule has 2 aromatic rings. The minimum absolute atomic E-state index is 0.0285. The Hall–Kier alpha value is -3.60. The van der Waals surface area contributed by atoms with E-state index in [4.69, 9.17) is 4.74 Å². The Labute approximate surface area is 242 Å². The number of aromatic hydroxyl groups is 1. The number of carbonyl (C=O) groups is 2. The SMILES string of the molecule is CNc1nnc(-c2ccccc2O)cc1N1CCN(C(=O)C2CN(C3CCN(C(=O)OC(C)(C)C)CC3)C2)C[C@@H]1C. The molecule has 0 aliphatic carbocycles. The molecule has 11 heteroatoms. The van der Waals surface area contributed by atoms with Crippen LogP contribution in [0.3, 0.4) is 0 Å². The second-order valence-electron chi connectivity index (χ2n) is 12.4. The number of aromatic nitrogens is 2. The number of anilines is 2. The second kappa shape index (κ2) is 11.7. The number of phenolic OH excluding ortho intramolecular Hbond substituents is 1. The number of phenols is 1. The third kappa shape index (κ3) is 6.34. The Bertz CT molecular complexity index is 1250. The van der Waals surface area contributed by atoms with Crippen LogP contribution in [0.25, 0.3) is 11.3 Å². The molecule has 4 heterocycles. The van der Waals surface area contributed by atoms with Crippen LogP contribution in [0.1, 0.15) is 40.5 Å². The quantitative estimate of drug-likeness (QED) is 0.564. The summed E-state index contributed by atoms with van der Waals surface area (Å²) in [6.45, 7) is 12.7. The molecule has 0 bridgehead atoms. The lowest BCUT2D eigenvalue weighted by molar-refractivity contribution is -0.143. The Balaban J connectivity index is 1.14. The van der Waals surface area contributed by atoms with E-state index in [0.29, 0.717) is 55.8 Å². The zero-order chi connectivity index (χ0) is 29.3. The topological polar surface area (TPSA) is 114 Å². The number of nitrogens with one attached hydrogen (secondary N) is 1. The predicted molar refractivity (Wildman–Crippen MR) is 158 cm³/mol. The number of likely N-dealkylation sites (tertiary alicyclic amines) is 2. The number of piperidine rings is 1. The summed E-state index contributed by atoms with van der Waals surface area (Å²) in [6, 6.07) is 9.58. The lowest BCUT2D eigenvalue weighted by atomic mass is 9.92. The standard InChI is InChI=1S/C30H43N7O4/c1-20-17-35(14-15-37(20)25-16-24(32-33-27(25)31-5)23-8-6-7-9-26(23)38)28(39)21-18-36(19-21)22-10-12-34(13-11-22)29(40)41-30(2,3)4/h6-9,16,20-22,38H,10-15,17-19H2,1-5H3,(H,31,33)/t20-/m0/s1. The maximum atomic E-state index is 13.4. The highest BCUT2D eigenvalue weighted by atomic mass is 16.6. The molecule has 0 radical (unpaired) electrons. The highest BCUT2D eigenvalue weighted by Gasteiger charge is 2.41. The smallest absolute Gasteiger partial charge is 0.410 e. The number of rotatable bonds is 5. The van der Waals surface area contributed by atoms with E-state index in [-0.39, 0.29) is 29.7 Å². The molecule has 0 spiro atoms. The van der Waals surface area contributed by atoms with Crippen LogP contribution in [0.4, 0.5) is 16.3 Å². The number of amides is 2. The molecule has 1 aromatic heterocycles. The van der Waals surface area contributed by atoms with Crippen molar-refractivity contribution in [2.75, 3.05) is 63.1 Å². The van der Waals surface area contributed by atoms with Gasteiger partial charge in [-0.25, -0.2) is 4.79 Å². The monoisotopic (exact) mass is 565 g/mol. The summed E-state index contributed by atoms with van der Waals surface area (Å²) in [5.41, 5.74) is 1.67. The van der Waals surface area contributed by atoms with Gasteiger partial charge in [-0.2, -0.15) is 0 Å². The van der Waals surface area contributed by atoms with Gasteiger partial charge >= 0.3 is 6.09 Å². The molecule has 2 amide bonds. The molecular weight excluding hydrogens is 522 g/mol. The molecule has 3 saturated heterocycles. The number of hydrogen-bond donors (Lipinski definition) is 2. The Kier molecular flexibility index (Phi) is 8.26. The van der Waals surface area contributed by atoms with E-state index < -0.39 is 5.60 Å². The van der Waals surface area contributed by atoms with Crippen LogP contribution >= 0.6 is 0 Å². The highest BCUT2D eigenvalue weighted by Crippen LogP contribution is 2.34. The van der Waals surface area contributed by atoms with E-state index in [2.05, 4.69) is 32.2 Å². The molecule has 2 N–H and O–H groups in total. The summed E-state index contributed by atoms with van der Waals surface area (Å²) < 4.78 is 5.52. The summed E-state index contributed by atoms with van der Waals surface area (Å²) in [6.07, 6.45) is 1.58. The number of benzene rings is 1. The Morgan fingerprint density at radius 1 is 1.00 bits per heavy atom. The minimum atomic E-state index is -0.485. The summed E-state index contributed by atoms with van der Waals surface area (Å²) in [7, 11) is 1.82. The molecule has 41 heavy (non-hydrogen) atoms. The zero-order valence-electron chi connectivity index (χ0n) is 24.8. The average Bonchev–Trinajstić information content (AvgIpc) is 2.91. The third-order valence-corrected chi connectivity index (χ3v) is 8.33. The second-order valence-corrected chi connectivity index (χ2v) is 12.4. The molecule has 0 saturated carbocycles. The van der Waals surface area contributed by atoms with Crippen LogP contribution in [0.2, 0.25) is 0 Å². The van der Waals surface area contributed by atoms with E-state index >= 15 is 0 Å². The molecule has 1 atom stereocenters. The van der Waals surface area contributed by atoms with Gasteiger partial charge in [0.15, 0.2) is 5.82 Å². The number of nitrogens with zero attached hydrogens (tertiary/aromatic N) is 6. The van der Waals surface area contributed by atoms with Crippen molar-refractivity contribution in [2.45, 2.75) is 58.2 Å². The minimum Gasteiger partial charge on any atom is -0.507 e. The average molecular weight is 566 g/mol. The van der Waals surface area contributed by atoms with Gasteiger partial charge in [0.1, 0.15) is 11.4 Å². The third-order valence-electron chi connectivity index (χ3n) is 8.33. The molecule has 5 rings (SSSR count). The fourth-order valence-electron chi connectivity index (χ4n) is 6.08. The van der Waals surface area contributed by atoms with Crippen molar-refractivity contribution in [1.82, 2.24) is 24.9 Å². The predicted octanol–water partition coefficient (Wildman–Crippen LogP) is 3.26. The fourth-order valence-corrected chi connectivity index (χ4v) is 6.08. The van der Waals surface area contributed by atoms with Crippen molar-refractivity contribution in [2.24, 2.45) is 5.92 Å². The zero-order valence-corrected chi connectivity index (χ0v) is 24.8. The molecule has 3 aliphatic rings. The lowest BCUT2D eigenvalue weighted by Gasteiger charge is -2.49. The van der Waals surface area contributed by atoms with Gasteiger partial charge in [0.2, 0.25) is 5.91 Å². The fraction of sp³-hybridized carbons (Fsp3) is 0.600. The van der Waals surface area contributed by atoms with Gasteiger partial charge < -0.3 is 29.9 Å². The lowest BCUT2D eigenvalue weighted by Crippen LogP contribution is -2.62. The highest BCUT2D eigenvalue weighted by molar-refractivity contribution is 5.81. The first-order valence-corrected chi connectivity index (χ1v) is 14.7. The van der Waals surface area contributed by atoms with Crippen LogP contribution < -0.4 is 10.2 Å². The van der Waals surface area contributed by atoms with Crippen LogP contribution in [-0.4, -0.2) is 113 Å². The van der Waals surface area contributed by atoms with Gasteiger partial charge in [-0.3, -0.25) is 9.69 Å². The van der Waals surface area contributed by atoms with Gasteiger partial charge in [0.25, 0.3) is 0 Å². The van der Waals surface area contributed by atoms with E-state index in [1.54, 1.807) is 17.0 Å². The number of para-hydroxylation sites is 1. The van der Waals surface area contributed by atoms with Gasteiger partial charge in [-0.1, -0.05) is 12.1 Å². The number of piperazine rings is 1. The van der Waals surface area contributed by atoms with E-state index in [9.17, 15) is 14.7 Å². The molecule has 222 valence electrons. The first kappa shape index (κ1) is 28.9. The van der Waals surface area contributed by atoms with Crippen molar-refractivity contribution in [3.05, 3.63) is 30.3 Å². The maximum Gasteiger partial charge on any atom is 0.410 e. The van der Waals surface area contributed by atoms with Gasteiger partial charge in [-0.15, -0.1) is 10.2 Å². The van der Waals surface area contributed by atoms with Crippen molar-refractivity contribution in [3.8, 4) is 17.0 Å². The molecular formula is C30H43N7O4. The van der Waals surface area contributed by atoms with E-state index in [1.165, 1.54) is 0 Å².